The van der Waals surface area contributed by atoms with Crippen molar-refractivity contribution in [2.75, 3.05) is 104 Å². The van der Waals surface area contributed by atoms with Crippen molar-refractivity contribution >= 4 is 5.82 Å². The van der Waals surface area contributed by atoms with Gasteiger partial charge in [-0.1, -0.05) is 5.92 Å². The van der Waals surface area contributed by atoms with E-state index in [9.17, 15) is 0 Å². The molecule has 3 N–H and O–H groups in total. The number of aromatic nitrogens is 2. The molecule has 1 aliphatic heterocycles. The molecule has 0 unspecified atom stereocenters. The van der Waals surface area contributed by atoms with Crippen LogP contribution in [0.2, 0.25) is 0 Å². The van der Waals surface area contributed by atoms with Crippen molar-refractivity contribution in [3.63, 3.8) is 0 Å². The van der Waals surface area contributed by atoms with Gasteiger partial charge in [-0.15, -0.1) is 6.42 Å². The van der Waals surface area contributed by atoms with Crippen LogP contribution in [0.3, 0.4) is 0 Å². The summed E-state index contributed by atoms with van der Waals surface area (Å²) >= 11 is 0. The van der Waals surface area contributed by atoms with Gasteiger partial charge in [0.15, 0.2) is 0 Å². The van der Waals surface area contributed by atoms with Crippen molar-refractivity contribution in [3.8, 4) is 12.3 Å². The smallest absolute Gasteiger partial charge is 0.129 e. The molecular weight excluding hydrogens is 424 g/mol. The highest BCUT2D eigenvalue weighted by atomic mass is 16.6. The number of ether oxygens (including phenoxy) is 4. The number of rotatable bonds is 19. The maximum atomic E-state index is 5.69. The number of nitrogens with zero attached hydrogens (tertiary/aromatic N) is 4. The molecule has 2 rings (SSSR count). The summed E-state index contributed by atoms with van der Waals surface area (Å²) in [7, 11) is 0. The Bertz CT molecular complexity index is 652. The van der Waals surface area contributed by atoms with Gasteiger partial charge in [0.1, 0.15) is 18.8 Å². The van der Waals surface area contributed by atoms with Gasteiger partial charge in [-0.25, -0.2) is 9.97 Å². The molecule has 0 radical (unpaired) electrons. The number of nitrogens with two attached hydrogens (primary N) is 1. The summed E-state index contributed by atoms with van der Waals surface area (Å²) in [5.41, 5.74) is 6.47. The Morgan fingerprint density at radius 1 is 0.879 bits per heavy atom. The van der Waals surface area contributed by atoms with Crippen molar-refractivity contribution in [2.24, 2.45) is 5.73 Å². The third-order valence-electron chi connectivity index (χ3n) is 5.21. The molecule has 0 saturated carbocycles. The SMILES string of the molecule is C#CCOCCOCCOCCOCCN1CCN(CCCNc2cc(CN)ncn2)CC1. The van der Waals surface area contributed by atoms with E-state index < -0.39 is 0 Å². The molecule has 2 heterocycles. The highest BCUT2D eigenvalue weighted by Crippen LogP contribution is 2.05. The van der Waals surface area contributed by atoms with Gasteiger partial charge >= 0.3 is 0 Å². The highest BCUT2D eigenvalue weighted by molar-refractivity contribution is 5.34. The topological polar surface area (TPSA) is 107 Å². The van der Waals surface area contributed by atoms with Crippen LogP contribution in [0.1, 0.15) is 12.1 Å². The van der Waals surface area contributed by atoms with Crippen LogP contribution in [0, 0.1) is 12.3 Å². The average molecular weight is 465 g/mol. The van der Waals surface area contributed by atoms with Crippen LogP contribution in [0.15, 0.2) is 12.4 Å². The van der Waals surface area contributed by atoms with Gasteiger partial charge in [0.05, 0.1) is 51.9 Å². The first-order chi connectivity index (χ1) is 16.3. The van der Waals surface area contributed by atoms with Crippen LogP contribution in [-0.2, 0) is 25.5 Å². The monoisotopic (exact) mass is 464 g/mol. The quantitative estimate of drug-likeness (QED) is 0.215. The van der Waals surface area contributed by atoms with E-state index in [1.165, 1.54) is 0 Å². The molecule has 1 saturated heterocycles. The van der Waals surface area contributed by atoms with Crippen molar-refractivity contribution in [1.29, 1.82) is 0 Å². The number of anilines is 1. The maximum Gasteiger partial charge on any atom is 0.129 e. The van der Waals surface area contributed by atoms with Gasteiger partial charge in [0, 0.05) is 51.9 Å². The lowest BCUT2D eigenvalue weighted by atomic mass is 10.3. The second kappa shape index (κ2) is 18.6. The largest absolute Gasteiger partial charge is 0.378 e. The zero-order valence-corrected chi connectivity index (χ0v) is 19.8. The van der Waals surface area contributed by atoms with Gasteiger partial charge < -0.3 is 34.9 Å². The first kappa shape index (κ1) is 27.4. The van der Waals surface area contributed by atoms with Gasteiger partial charge in [0.25, 0.3) is 0 Å². The lowest BCUT2D eigenvalue weighted by molar-refractivity contribution is -0.00257. The Morgan fingerprint density at radius 2 is 1.48 bits per heavy atom. The Kier molecular flexibility index (Phi) is 15.4. The molecule has 33 heavy (non-hydrogen) atoms. The van der Waals surface area contributed by atoms with E-state index in [-0.39, 0.29) is 0 Å². The molecule has 0 spiro atoms. The van der Waals surface area contributed by atoms with Crippen LogP contribution in [0.5, 0.6) is 0 Å². The van der Waals surface area contributed by atoms with Gasteiger partial charge in [0.2, 0.25) is 0 Å². The van der Waals surface area contributed by atoms with Crippen LogP contribution >= 0.6 is 0 Å². The fraction of sp³-hybridized carbons (Fsp3) is 0.739. The van der Waals surface area contributed by atoms with Crippen molar-refractivity contribution in [3.05, 3.63) is 18.1 Å². The molecule has 1 aromatic rings. The molecule has 0 aromatic carbocycles. The molecule has 10 heteroatoms. The summed E-state index contributed by atoms with van der Waals surface area (Å²) < 4.78 is 21.7. The molecule has 1 aromatic heterocycles. The fourth-order valence-corrected chi connectivity index (χ4v) is 3.35. The molecular formula is C23H40N6O4. The standard InChI is InChI=1S/C23H40N6O4/c1-2-11-30-13-15-32-17-18-33-16-14-31-12-10-29-8-6-28(7-9-29)5-3-4-25-23-19-22(20-24)26-21-27-23/h1,19,21H,3-18,20,24H2,(H,25,26,27). The number of nitrogens with one attached hydrogen (secondary N) is 1. The van der Waals surface area contributed by atoms with Crippen LogP contribution < -0.4 is 11.1 Å². The van der Waals surface area contributed by atoms with Gasteiger partial charge in [-0.2, -0.15) is 0 Å². The number of terminal acetylenes is 1. The predicted molar refractivity (Wildman–Crippen MR) is 128 cm³/mol. The zero-order valence-electron chi connectivity index (χ0n) is 19.8. The maximum absolute atomic E-state index is 5.69. The third-order valence-corrected chi connectivity index (χ3v) is 5.21. The van der Waals surface area contributed by atoms with Crippen LogP contribution in [0.4, 0.5) is 5.82 Å². The molecule has 0 bridgehead atoms. The first-order valence-electron chi connectivity index (χ1n) is 11.8. The molecule has 186 valence electrons. The second-order valence-corrected chi connectivity index (χ2v) is 7.66. The summed E-state index contributed by atoms with van der Waals surface area (Å²) in [6.07, 6.45) is 7.72. The van der Waals surface area contributed by atoms with Crippen LogP contribution in [-0.4, -0.2) is 118 Å². The van der Waals surface area contributed by atoms with Crippen molar-refractivity contribution in [1.82, 2.24) is 19.8 Å². The minimum atomic E-state index is 0.327. The minimum absolute atomic E-state index is 0.327. The van der Waals surface area contributed by atoms with Crippen molar-refractivity contribution < 1.29 is 18.9 Å². The van der Waals surface area contributed by atoms with E-state index in [1.807, 2.05) is 6.07 Å². The highest BCUT2D eigenvalue weighted by Gasteiger charge is 2.15. The first-order valence-corrected chi connectivity index (χ1v) is 11.8. The summed E-state index contributed by atoms with van der Waals surface area (Å²) in [5.74, 6) is 3.26. The molecule has 10 nitrogen and oxygen atoms in total. The molecule has 0 atom stereocenters. The lowest BCUT2D eigenvalue weighted by Crippen LogP contribution is -2.47. The van der Waals surface area contributed by atoms with E-state index in [1.54, 1.807) is 6.33 Å². The Hall–Kier alpha value is -1.84. The molecule has 0 amide bonds. The summed E-state index contributed by atoms with van der Waals surface area (Å²) in [6.45, 7) is 12.2. The number of hydrogen-bond acceptors (Lipinski definition) is 10. The van der Waals surface area contributed by atoms with Gasteiger partial charge in [-0.3, -0.25) is 4.90 Å². The van der Waals surface area contributed by atoms with E-state index in [2.05, 4.69) is 31.0 Å². The van der Waals surface area contributed by atoms with Crippen molar-refractivity contribution in [2.45, 2.75) is 13.0 Å². The number of piperazine rings is 1. The van der Waals surface area contributed by atoms with E-state index >= 15 is 0 Å². The summed E-state index contributed by atoms with van der Waals surface area (Å²) in [4.78, 5) is 13.3. The normalized spacial score (nSPS) is 14.9. The summed E-state index contributed by atoms with van der Waals surface area (Å²) in [5, 5.41) is 3.35. The summed E-state index contributed by atoms with van der Waals surface area (Å²) in [6, 6.07) is 1.91. The minimum Gasteiger partial charge on any atom is -0.378 e. The number of hydrogen-bond donors (Lipinski definition) is 2. The Balaban J connectivity index is 1.35. The predicted octanol–water partition coefficient (Wildman–Crippen LogP) is 0.0545. The molecule has 1 fully saturated rings. The Morgan fingerprint density at radius 3 is 2.12 bits per heavy atom. The average Bonchev–Trinajstić information content (AvgIpc) is 2.85. The fourth-order valence-electron chi connectivity index (χ4n) is 3.35. The second-order valence-electron chi connectivity index (χ2n) is 7.66. The van der Waals surface area contributed by atoms with E-state index in [0.717, 1.165) is 70.4 Å². The zero-order chi connectivity index (χ0) is 23.4. The third kappa shape index (κ3) is 13.5. The van der Waals surface area contributed by atoms with E-state index in [0.29, 0.717) is 52.8 Å². The Labute approximate surface area is 198 Å². The van der Waals surface area contributed by atoms with Gasteiger partial charge in [-0.05, 0) is 13.0 Å². The van der Waals surface area contributed by atoms with Crippen LogP contribution in [0.25, 0.3) is 0 Å². The molecule has 0 aliphatic carbocycles. The molecule has 1 aliphatic rings. The lowest BCUT2D eigenvalue weighted by Gasteiger charge is -2.34. The van der Waals surface area contributed by atoms with E-state index in [4.69, 9.17) is 31.1 Å².